The van der Waals surface area contributed by atoms with Crippen molar-refractivity contribution in [3.63, 3.8) is 0 Å². The number of rotatable bonds is 9. The molecule has 1 saturated carbocycles. The van der Waals surface area contributed by atoms with Gasteiger partial charge < -0.3 is 21.1 Å². The van der Waals surface area contributed by atoms with E-state index in [4.69, 9.17) is 10.1 Å². The van der Waals surface area contributed by atoms with Crippen molar-refractivity contribution in [2.45, 2.75) is 51.6 Å². The maximum atomic E-state index is 8.82. The van der Waals surface area contributed by atoms with E-state index in [-0.39, 0.29) is 6.61 Å². The van der Waals surface area contributed by atoms with Gasteiger partial charge in [-0.1, -0.05) is 30.6 Å². The van der Waals surface area contributed by atoms with Gasteiger partial charge >= 0.3 is 0 Å². The molecule has 1 aliphatic carbocycles. The van der Waals surface area contributed by atoms with Crippen LogP contribution in [-0.2, 0) is 6.54 Å². The zero-order chi connectivity index (χ0) is 21.5. The zero-order valence-electron chi connectivity index (χ0n) is 17.6. The molecule has 0 amide bonds. The van der Waals surface area contributed by atoms with Crippen molar-refractivity contribution in [3.05, 3.63) is 36.0 Å². The first-order valence-corrected chi connectivity index (χ1v) is 11.5. The van der Waals surface area contributed by atoms with Crippen molar-refractivity contribution in [2.24, 2.45) is 0 Å². The Bertz CT molecular complexity index is 972. The number of anilines is 3. The summed E-state index contributed by atoms with van der Waals surface area (Å²) in [6, 6.07) is 2.44. The van der Waals surface area contributed by atoms with Crippen LogP contribution in [0, 0.1) is 6.92 Å². The average molecular weight is 441 g/mol. The van der Waals surface area contributed by atoms with E-state index < -0.39 is 0 Å². The number of hydrogen-bond acceptors (Lipinski definition) is 10. The highest BCUT2D eigenvalue weighted by Crippen LogP contribution is 2.30. The Labute approximate surface area is 185 Å². The van der Waals surface area contributed by atoms with Crippen LogP contribution < -0.4 is 16.0 Å². The molecular formula is C21H28N8OS. The summed E-state index contributed by atoms with van der Waals surface area (Å²) in [6.07, 6.45) is 11.4. The summed E-state index contributed by atoms with van der Waals surface area (Å²) in [7, 11) is 0. The normalized spacial score (nSPS) is 14.5. The lowest BCUT2D eigenvalue weighted by molar-refractivity contribution is 0.291. The molecule has 31 heavy (non-hydrogen) atoms. The van der Waals surface area contributed by atoms with Gasteiger partial charge in [0.2, 0.25) is 5.95 Å². The van der Waals surface area contributed by atoms with Gasteiger partial charge in [0, 0.05) is 31.0 Å². The topological polar surface area (TPSA) is 121 Å². The smallest absolute Gasteiger partial charge is 0.223 e. The van der Waals surface area contributed by atoms with Crippen LogP contribution in [0.1, 0.15) is 43.5 Å². The van der Waals surface area contributed by atoms with Gasteiger partial charge in [0.15, 0.2) is 10.9 Å². The Kier molecular flexibility index (Phi) is 7.34. The number of aromatic nitrogens is 5. The van der Waals surface area contributed by atoms with Crippen LogP contribution >= 0.6 is 11.3 Å². The molecule has 0 aliphatic heterocycles. The van der Waals surface area contributed by atoms with Crippen LogP contribution in [0.3, 0.4) is 0 Å². The third-order valence-electron chi connectivity index (χ3n) is 5.09. The fraction of sp³-hybridized carbons (Fsp3) is 0.476. The second kappa shape index (κ2) is 10.6. The molecule has 0 radical (unpaired) electrons. The van der Waals surface area contributed by atoms with Gasteiger partial charge in [-0.05, 0) is 25.8 Å². The monoisotopic (exact) mass is 440 g/mol. The van der Waals surface area contributed by atoms with Gasteiger partial charge in [-0.25, -0.2) is 19.9 Å². The molecule has 4 rings (SSSR count). The first-order valence-electron chi connectivity index (χ1n) is 10.7. The number of thiazole rings is 1. The number of hydrogen-bond donors (Lipinski definition) is 4. The van der Waals surface area contributed by atoms with Crippen molar-refractivity contribution in [1.82, 2.24) is 30.2 Å². The highest BCUT2D eigenvalue weighted by Gasteiger charge is 2.16. The van der Waals surface area contributed by atoms with E-state index >= 15 is 0 Å². The van der Waals surface area contributed by atoms with Crippen LogP contribution in [0.5, 0.6) is 0 Å². The average Bonchev–Trinajstić information content (AvgIpc) is 3.24. The van der Waals surface area contributed by atoms with E-state index in [2.05, 4.69) is 35.9 Å². The van der Waals surface area contributed by atoms with Crippen molar-refractivity contribution in [1.29, 1.82) is 0 Å². The van der Waals surface area contributed by atoms with E-state index in [9.17, 15) is 0 Å². The molecule has 0 atom stereocenters. The Balaban J connectivity index is 1.41. The quantitative estimate of drug-likeness (QED) is 0.371. The summed E-state index contributed by atoms with van der Waals surface area (Å²) in [5, 5.41) is 19.3. The molecule has 0 bridgehead atoms. The molecular weight excluding hydrogens is 412 g/mol. The largest absolute Gasteiger partial charge is 0.395 e. The van der Waals surface area contributed by atoms with Crippen LogP contribution in [-0.4, -0.2) is 49.2 Å². The van der Waals surface area contributed by atoms with Crippen LogP contribution in [0.2, 0.25) is 0 Å². The standard InChI is InChI=1S/C21H28N8OS/c1-14-9-17(28-20(26-14)27-15-5-3-2-4-6-15)18-12-25-21(31-18)29-19-13-23-16(11-24-19)10-22-7-8-30/h9,11-13,15,22,30H,2-8,10H2,1H3,(H,24,25,29)(H,26,27,28). The molecule has 10 heteroatoms. The molecule has 3 heterocycles. The molecule has 0 saturated heterocycles. The Morgan fingerprint density at radius 3 is 2.71 bits per heavy atom. The lowest BCUT2D eigenvalue weighted by Crippen LogP contribution is -2.23. The van der Waals surface area contributed by atoms with E-state index in [1.807, 2.05) is 19.2 Å². The molecule has 1 aliphatic rings. The highest BCUT2D eigenvalue weighted by molar-refractivity contribution is 7.18. The fourth-order valence-corrected chi connectivity index (χ4v) is 4.34. The second-order valence-corrected chi connectivity index (χ2v) is 8.68. The van der Waals surface area contributed by atoms with Gasteiger partial charge in [0.1, 0.15) is 0 Å². The highest BCUT2D eigenvalue weighted by atomic mass is 32.1. The van der Waals surface area contributed by atoms with Gasteiger partial charge in [0.25, 0.3) is 0 Å². The predicted octanol–water partition coefficient (Wildman–Crippen LogP) is 3.27. The van der Waals surface area contributed by atoms with E-state index in [0.717, 1.165) is 27.1 Å². The Hall–Kier alpha value is -2.69. The van der Waals surface area contributed by atoms with Gasteiger partial charge in [-0.2, -0.15) is 0 Å². The Morgan fingerprint density at radius 2 is 1.94 bits per heavy atom. The van der Waals surface area contributed by atoms with Crippen LogP contribution in [0.15, 0.2) is 24.7 Å². The minimum absolute atomic E-state index is 0.101. The SMILES string of the molecule is Cc1cc(-c2cnc(Nc3cnc(CNCCO)cn3)s2)nc(NC2CCCCC2)n1. The molecule has 0 unspecified atom stereocenters. The number of nitrogens with zero attached hydrogens (tertiary/aromatic N) is 5. The van der Waals surface area contributed by atoms with Gasteiger partial charge in [-0.3, -0.25) is 4.98 Å². The molecule has 9 nitrogen and oxygen atoms in total. The summed E-state index contributed by atoms with van der Waals surface area (Å²) in [5.41, 5.74) is 2.61. The summed E-state index contributed by atoms with van der Waals surface area (Å²) < 4.78 is 0. The minimum Gasteiger partial charge on any atom is -0.395 e. The van der Waals surface area contributed by atoms with Gasteiger partial charge in [0.05, 0.1) is 35.3 Å². The first-order chi connectivity index (χ1) is 15.2. The second-order valence-electron chi connectivity index (χ2n) is 7.65. The predicted molar refractivity (Wildman–Crippen MR) is 122 cm³/mol. The molecule has 0 aromatic carbocycles. The van der Waals surface area contributed by atoms with Crippen molar-refractivity contribution in [3.8, 4) is 10.6 Å². The minimum atomic E-state index is 0.101. The molecule has 164 valence electrons. The lowest BCUT2D eigenvalue weighted by atomic mass is 9.96. The van der Waals surface area contributed by atoms with E-state index in [0.29, 0.717) is 30.9 Å². The summed E-state index contributed by atoms with van der Waals surface area (Å²) in [6.45, 7) is 3.19. The summed E-state index contributed by atoms with van der Waals surface area (Å²) in [5.74, 6) is 1.33. The maximum absolute atomic E-state index is 8.82. The third-order valence-corrected chi connectivity index (χ3v) is 6.02. The zero-order valence-corrected chi connectivity index (χ0v) is 18.5. The number of nitrogens with one attached hydrogen (secondary N) is 3. The Morgan fingerprint density at radius 1 is 1.06 bits per heavy atom. The van der Waals surface area contributed by atoms with Crippen LogP contribution in [0.4, 0.5) is 16.9 Å². The molecule has 4 N–H and O–H groups in total. The first kappa shape index (κ1) is 21.5. The number of aryl methyl sites for hydroxylation is 1. The summed E-state index contributed by atoms with van der Waals surface area (Å²) >= 11 is 1.52. The van der Waals surface area contributed by atoms with Crippen molar-refractivity contribution < 1.29 is 5.11 Å². The van der Waals surface area contributed by atoms with Crippen LogP contribution in [0.25, 0.3) is 10.6 Å². The molecule has 3 aromatic rings. The number of aliphatic hydroxyl groups is 1. The third kappa shape index (κ3) is 6.16. The van der Waals surface area contributed by atoms with E-state index in [1.165, 1.54) is 43.4 Å². The fourth-order valence-electron chi connectivity index (χ4n) is 3.55. The molecule has 3 aromatic heterocycles. The summed E-state index contributed by atoms with van der Waals surface area (Å²) in [4.78, 5) is 23.5. The number of aliphatic hydroxyl groups excluding tert-OH is 1. The molecule has 1 fully saturated rings. The lowest BCUT2D eigenvalue weighted by Gasteiger charge is -2.22. The van der Waals surface area contributed by atoms with Crippen molar-refractivity contribution >= 4 is 28.2 Å². The van der Waals surface area contributed by atoms with Crippen molar-refractivity contribution in [2.75, 3.05) is 23.8 Å². The van der Waals surface area contributed by atoms with Gasteiger partial charge in [-0.15, -0.1) is 0 Å². The molecule has 0 spiro atoms. The van der Waals surface area contributed by atoms with E-state index in [1.54, 1.807) is 12.4 Å². The maximum Gasteiger partial charge on any atom is 0.223 e.